The highest BCUT2D eigenvalue weighted by Gasteiger charge is 2.51. The zero-order chi connectivity index (χ0) is 14.3. The second-order valence-corrected chi connectivity index (χ2v) is 5.71. The Kier molecular flexibility index (Phi) is 3.00. The van der Waals surface area contributed by atoms with E-state index in [0.29, 0.717) is 12.8 Å². The Morgan fingerprint density at radius 3 is 2.70 bits per heavy atom. The molecular weight excluding hydrogens is 252 g/mol. The van der Waals surface area contributed by atoms with Crippen molar-refractivity contribution in [2.45, 2.75) is 39.0 Å². The molecule has 0 spiro atoms. The monoisotopic (exact) mass is 270 g/mol. The van der Waals surface area contributed by atoms with Crippen LogP contribution in [0.1, 0.15) is 44.8 Å². The number of benzene rings is 1. The number of ketones is 2. The first-order chi connectivity index (χ1) is 9.55. The van der Waals surface area contributed by atoms with Crippen molar-refractivity contribution >= 4 is 22.5 Å². The van der Waals surface area contributed by atoms with Crippen LogP contribution in [0.5, 0.6) is 0 Å². The van der Waals surface area contributed by atoms with Crippen LogP contribution in [-0.2, 0) is 9.59 Å². The van der Waals surface area contributed by atoms with Gasteiger partial charge in [-0.3, -0.25) is 9.59 Å². The number of hydrogen-bond acceptors (Lipinski definition) is 3. The van der Waals surface area contributed by atoms with Gasteiger partial charge in [-0.2, -0.15) is 0 Å². The van der Waals surface area contributed by atoms with Gasteiger partial charge in [0.2, 0.25) is 0 Å². The molecule has 104 valence electrons. The Morgan fingerprint density at radius 2 is 2.10 bits per heavy atom. The normalized spacial score (nSPS) is 24.2. The number of carbonyl (C=O) groups is 2. The van der Waals surface area contributed by atoms with E-state index in [1.165, 1.54) is 6.92 Å². The van der Waals surface area contributed by atoms with Crippen molar-refractivity contribution < 1.29 is 14.0 Å². The summed E-state index contributed by atoms with van der Waals surface area (Å²) in [5.41, 5.74) is -0.0769. The lowest BCUT2D eigenvalue weighted by Crippen LogP contribution is -2.38. The molecule has 1 saturated carbocycles. The maximum Gasteiger partial charge on any atom is 0.147 e. The first-order valence-corrected chi connectivity index (χ1v) is 7.08. The number of fused-ring (bicyclic) bond motifs is 1. The third-order valence-electron chi connectivity index (χ3n) is 4.71. The lowest BCUT2D eigenvalue weighted by atomic mass is 9.70. The van der Waals surface area contributed by atoms with Crippen molar-refractivity contribution in [2.24, 2.45) is 5.41 Å². The molecule has 1 heterocycles. The van der Waals surface area contributed by atoms with Gasteiger partial charge in [-0.15, -0.1) is 0 Å². The summed E-state index contributed by atoms with van der Waals surface area (Å²) in [5, 5.41) is 1.01. The minimum absolute atomic E-state index is 0.0343. The summed E-state index contributed by atoms with van der Waals surface area (Å²) in [6, 6.07) is 9.71. The Hall–Kier alpha value is -1.90. The predicted molar refractivity (Wildman–Crippen MR) is 76.6 cm³/mol. The van der Waals surface area contributed by atoms with E-state index in [0.717, 1.165) is 23.2 Å². The summed E-state index contributed by atoms with van der Waals surface area (Å²) in [5.74, 6) is 0.560. The van der Waals surface area contributed by atoms with Crippen LogP contribution >= 0.6 is 0 Å². The van der Waals surface area contributed by atoms with Gasteiger partial charge in [0.05, 0.1) is 5.41 Å². The van der Waals surface area contributed by atoms with Crippen molar-refractivity contribution in [2.75, 3.05) is 0 Å². The number of Topliss-reactive ketones (excluding diaryl/α,β-unsaturated/α-hetero) is 2. The fourth-order valence-corrected chi connectivity index (χ4v) is 3.48. The van der Waals surface area contributed by atoms with Gasteiger partial charge in [0.1, 0.15) is 22.9 Å². The molecule has 3 heteroatoms. The van der Waals surface area contributed by atoms with Gasteiger partial charge in [-0.05, 0) is 31.9 Å². The molecule has 0 N–H and O–H groups in total. The second-order valence-electron chi connectivity index (χ2n) is 5.71. The fraction of sp³-hybridized carbons (Fsp3) is 0.412. The van der Waals surface area contributed by atoms with E-state index >= 15 is 0 Å². The molecule has 0 amide bonds. The average Bonchev–Trinajstić information content (AvgIpc) is 3.01. The van der Waals surface area contributed by atoms with Gasteiger partial charge < -0.3 is 4.42 Å². The highest BCUT2D eigenvalue weighted by molar-refractivity contribution is 6.08. The van der Waals surface area contributed by atoms with Crippen LogP contribution in [0.25, 0.3) is 11.0 Å². The number of furan rings is 1. The molecule has 1 aliphatic rings. The van der Waals surface area contributed by atoms with E-state index in [1.54, 1.807) is 0 Å². The highest BCUT2D eigenvalue weighted by Crippen LogP contribution is 2.47. The van der Waals surface area contributed by atoms with Crippen LogP contribution in [-0.4, -0.2) is 11.6 Å². The molecule has 2 atom stereocenters. The Morgan fingerprint density at radius 1 is 1.35 bits per heavy atom. The number of para-hydroxylation sites is 1. The molecule has 1 aromatic heterocycles. The van der Waals surface area contributed by atoms with Gasteiger partial charge >= 0.3 is 0 Å². The summed E-state index contributed by atoms with van der Waals surface area (Å²) < 4.78 is 5.86. The topological polar surface area (TPSA) is 47.3 Å². The zero-order valence-corrected chi connectivity index (χ0v) is 11.8. The van der Waals surface area contributed by atoms with Gasteiger partial charge in [0, 0.05) is 17.7 Å². The van der Waals surface area contributed by atoms with Crippen molar-refractivity contribution in [1.82, 2.24) is 0 Å². The molecule has 1 fully saturated rings. The van der Waals surface area contributed by atoms with Crippen molar-refractivity contribution in [3.05, 3.63) is 36.1 Å². The minimum atomic E-state index is -0.881. The van der Waals surface area contributed by atoms with Gasteiger partial charge in [-0.25, -0.2) is 0 Å². The number of hydrogen-bond donors (Lipinski definition) is 0. The molecule has 0 aliphatic heterocycles. The lowest BCUT2D eigenvalue weighted by molar-refractivity contribution is -0.138. The van der Waals surface area contributed by atoms with Crippen LogP contribution in [0.4, 0.5) is 0 Å². The van der Waals surface area contributed by atoms with E-state index in [2.05, 4.69) is 0 Å². The molecular formula is C17H18O3. The SMILES string of the molecule is CC(=O)C1(C(C)c2cc3ccccc3o2)CCCC1=O. The molecule has 3 nitrogen and oxygen atoms in total. The summed E-state index contributed by atoms with van der Waals surface area (Å²) in [6.07, 6.45) is 1.94. The van der Waals surface area contributed by atoms with Crippen LogP contribution in [0.3, 0.4) is 0 Å². The first-order valence-electron chi connectivity index (χ1n) is 7.08. The van der Waals surface area contributed by atoms with Crippen molar-refractivity contribution in [1.29, 1.82) is 0 Å². The largest absolute Gasteiger partial charge is 0.461 e. The van der Waals surface area contributed by atoms with Gasteiger partial charge in [0.25, 0.3) is 0 Å². The van der Waals surface area contributed by atoms with Crippen molar-refractivity contribution in [3.63, 3.8) is 0 Å². The molecule has 0 saturated heterocycles. The molecule has 3 rings (SSSR count). The quantitative estimate of drug-likeness (QED) is 0.795. The van der Waals surface area contributed by atoms with Crippen molar-refractivity contribution in [3.8, 4) is 0 Å². The van der Waals surface area contributed by atoms with Crippen LogP contribution in [0, 0.1) is 5.41 Å². The van der Waals surface area contributed by atoms with Crippen LogP contribution < -0.4 is 0 Å². The van der Waals surface area contributed by atoms with E-state index in [1.807, 2.05) is 37.3 Å². The molecule has 2 aromatic rings. The molecule has 2 unspecified atom stereocenters. The average molecular weight is 270 g/mol. The van der Waals surface area contributed by atoms with Gasteiger partial charge in [-0.1, -0.05) is 25.1 Å². The standard InChI is InChI=1S/C17H18O3/c1-11(17(12(2)18)9-5-8-16(17)19)15-10-13-6-3-4-7-14(13)20-15/h3-4,6-7,10-11H,5,8-9H2,1-2H3. The molecule has 0 bridgehead atoms. The Bertz CT molecular complexity index is 649. The molecule has 20 heavy (non-hydrogen) atoms. The van der Waals surface area contributed by atoms with Crippen LogP contribution in [0.2, 0.25) is 0 Å². The third-order valence-corrected chi connectivity index (χ3v) is 4.71. The summed E-state index contributed by atoms with van der Waals surface area (Å²) >= 11 is 0. The Labute approximate surface area is 118 Å². The molecule has 1 aliphatic carbocycles. The predicted octanol–water partition coefficient (Wildman–Crippen LogP) is 3.86. The maximum absolute atomic E-state index is 12.3. The van der Waals surface area contributed by atoms with E-state index in [9.17, 15) is 9.59 Å². The summed E-state index contributed by atoms with van der Waals surface area (Å²) in [7, 11) is 0. The minimum Gasteiger partial charge on any atom is -0.461 e. The number of carbonyl (C=O) groups excluding carboxylic acids is 2. The smallest absolute Gasteiger partial charge is 0.147 e. The number of rotatable bonds is 3. The zero-order valence-electron chi connectivity index (χ0n) is 11.8. The van der Waals surface area contributed by atoms with E-state index in [-0.39, 0.29) is 17.5 Å². The maximum atomic E-state index is 12.3. The van der Waals surface area contributed by atoms with E-state index in [4.69, 9.17) is 4.42 Å². The fourth-order valence-electron chi connectivity index (χ4n) is 3.48. The second kappa shape index (κ2) is 4.58. The highest BCUT2D eigenvalue weighted by atomic mass is 16.3. The Balaban J connectivity index is 2.08. The molecule has 1 aromatic carbocycles. The third kappa shape index (κ3) is 1.73. The van der Waals surface area contributed by atoms with E-state index < -0.39 is 5.41 Å². The molecule has 0 radical (unpaired) electrons. The van der Waals surface area contributed by atoms with Gasteiger partial charge in [0.15, 0.2) is 0 Å². The summed E-state index contributed by atoms with van der Waals surface area (Å²) in [4.78, 5) is 24.5. The first kappa shape index (κ1) is 13.1. The lowest BCUT2D eigenvalue weighted by Gasteiger charge is -2.29. The summed E-state index contributed by atoms with van der Waals surface area (Å²) in [6.45, 7) is 3.46. The van der Waals surface area contributed by atoms with Crippen LogP contribution in [0.15, 0.2) is 34.7 Å².